The summed E-state index contributed by atoms with van der Waals surface area (Å²) in [5, 5.41) is 6.04. The van der Waals surface area contributed by atoms with Crippen molar-refractivity contribution in [2.75, 3.05) is 0 Å². The largest absolute Gasteiger partial charge is 0.444 e. The van der Waals surface area contributed by atoms with Crippen LogP contribution in [-0.2, 0) is 20.7 Å². The third kappa shape index (κ3) is 11.5. The molecule has 5 unspecified atom stereocenters. The summed E-state index contributed by atoms with van der Waals surface area (Å²) in [6.07, 6.45) is 4.37. The van der Waals surface area contributed by atoms with Gasteiger partial charge in [0.05, 0.1) is 0 Å². The number of alkyl carbamates (subject to hydrolysis) is 1. The Balaban J connectivity index is 3.68. The average Bonchev–Trinajstić information content (AvgIpc) is 2.87. The summed E-state index contributed by atoms with van der Waals surface area (Å²) >= 11 is 0. The van der Waals surface area contributed by atoms with Crippen molar-refractivity contribution >= 4 is 17.9 Å². The molecule has 0 spiro atoms. The summed E-state index contributed by atoms with van der Waals surface area (Å²) in [5.74, 6) is -0.176. The topological polar surface area (TPSA) is 87.7 Å². The third-order valence-corrected chi connectivity index (χ3v) is 7.38. The van der Waals surface area contributed by atoms with E-state index in [1.807, 2.05) is 52.0 Å². The summed E-state index contributed by atoms with van der Waals surface area (Å²) in [5.41, 5.74) is 1.23. The molecule has 0 saturated heterocycles. The highest BCUT2D eigenvalue weighted by molar-refractivity contribution is 5.92. The molecule has 7 heteroatoms. The predicted octanol–water partition coefficient (Wildman–Crippen LogP) is 7.19. The standard InChI is InChI=1S/C33H57N3O4/c1-12-15-24(7)34-30(37)29(27-20-18-26(14-3)19-21-27)36(25(8)17-16-22(4)5)31(38)28(23(6)13-2)35-32(39)40-33(9,10)11/h18-25,28-29H,12-17H2,1-11H3,(H,34,37)(H,35,39). The number of nitrogens with zero attached hydrogens (tertiary/aromatic N) is 1. The van der Waals surface area contributed by atoms with Gasteiger partial charge >= 0.3 is 6.09 Å². The van der Waals surface area contributed by atoms with Crippen molar-refractivity contribution in [2.45, 2.75) is 144 Å². The van der Waals surface area contributed by atoms with E-state index in [-0.39, 0.29) is 29.8 Å². The molecule has 0 fully saturated rings. The molecule has 0 aromatic heterocycles. The van der Waals surface area contributed by atoms with Gasteiger partial charge in [-0.1, -0.05) is 78.6 Å². The molecule has 0 aliphatic carbocycles. The summed E-state index contributed by atoms with van der Waals surface area (Å²) in [4.78, 5) is 43.2. The molecule has 0 aliphatic heterocycles. The number of aryl methyl sites for hydroxylation is 1. The lowest BCUT2D eigenvalue weighted by Gasteiger charge is -2.40. The number of nitrogens with one attached hydrogen (secondary N) is 2. The molecule has 1 aromatic rings. The van der Waals surface area contributed by atoms with E-state index in [1.54, 1.807) is 25.7 Å². The Bertz CT molecular complexity index is 923. The average molecular weight is 560 g/mol. The summed E-state index contributed by atoms with van der Waals surface area (Å²) in [6.45, 7) is 21.8. The van der Waals surface area contributed by atoms with Crippen molar-refractivity contribution in [3.05, 3.63) is 35.4 Å². The number of amides is 3. The Hall–Kier alpha value is -2.57. The zero-order chi connectivity index (χ0) is 30.6. The molecule has 1 rings (SSSR count). The van der Waals surface area contributed by atoms with Crippen molar-refractivity contribution in [3.8, 4) is 0 Å². The van der Waals surface area contributed by atoms with Crippen LogP contribution in [0.15, 0.2) is 24.3 Å². The van der Waals surface area contributed by atoms with Crippen LogP contribution in [0.1, 0.15) is 125 Å². The van der Waals surface area contributed by atoms with Gasteiger partial charge in [-0.2, -0.15) is 0 Å². The number of carbonyl (C=O) groups excluding carboxylic acids is 3. The minimum absolute atomic E-state index is 0.0249. The minimum Gasteiger partial charge on any atom is -0.444 e. The molecule has 40 heavy (non-hydrogen) atoms. The number of carbonyl (C=O) groups is 3. The first-order valence-corrected chi connectivity index (χ1v) is 15.4. The van der Waals surface area contributed by atoms with Gasteiger partial charge in [0.15, 0.2) is 0 Å². The van der Waals surface area contributed by atoms with Crippen molar-refractivity contribution in [1.29, 1.82) is 0 Å². The Kier molecular flexibility index (Phi) is 14.7. The monoisotopic (exact) mass is 559 g/mol. The summed E-state index contributed by atoms with van der Waals surface area (Å²) in [7, 11) is 0. The maximum Gasteiger partial charge on any atom is 0.408 e. The Morgan fingerprint density at radius 1 is 0.875 bits per heavy atom. The van der Waals surface area contributed by atoms with E-state index in [0.29, 0.717) is 12.3 Å². The van der Waals surface area contributed by atoms with Gasteiger partial charge in [-0.15, -0.1) is 0 Å². The highest BCUT2D eigenvalue weighted by Crippen LogP contribution is 2.29. The molecule has 1 aromatic carbocycles. The van der Waals surface area contributed by atoms with E-state index in [1.165, 1.54) is 0 Å². The first-order chi connectivity index (χ1) is 18.6. The lowest BCUT2D eigenvalue weighted by Crippen LogP contribution is -2.57. The van der Waals surface area contributed by atoms with Gasteiger partial charge < -0.3 is 20.3 Å². The van der Waals surface area contributed by atoms with Crippen LogP contribution in [0.5, 0.6) is 0 Å². The molecule has 5 atom stereocenters. The maximum absolute atomic E-state index is 14.6. The Morgan fingerprint density at radius 3 is 1.95 bits per heavy atom. The fraction of sp³-hybridized carbons (Fsp3) is 0.727. The van der Waals surface area contributed by atoms with Crippen molar-refractivity contribution in [2.24, 2.45) is 11.8 Å². The lowest BCUT2D eigenvalue weighted by atomic mass is 9.92. The van der Waals surface area contributed by atoms with Crippen LogP contribution in [0.3, 0.4) is 0 Å². The van der Waals surface area contributed by atoms with E-state index in [4.69, 9.17) is 4.74 Å². The van der Waals surface area contributed by atoms with E-state index in [0.717, 1.165) is 43.2 Å². The molecule has 0 saturated carbocycles. The van der Waals surface area contributed by atoms with Crippen LogP contribution in [-0.4, -0.2) is 46.5 Å². The van der Waals surface area contributed by atoms with Crippen LogP contribution < -0.4 is 10.6 Å². The van der Waals surface area contributed by atoms with Gasteiger partial charge in [-0.3, -0.25) is 9.59 Å². The van der Waals surface area contributed by atoms with Gasteiger partial charge in [0, 0.05) is 12.1 Å². The molecule has 2 N–H and O–H groups in total. The number of rotatable bonds is 15. The van der Waals surface area contributed by atoms with Gasteiger partial charge in [0.1, 0.15) is 17.7 Å². The SMILES string of the molecule is CCCC(C)NC(=O)C(c1ccc(CC)cc1)N(C(=O)C(NC(=O)OC(C)(C)C)C(C)CC)C(C)CCC(C)C. The summed E-state index contributed by atoms with van der Waals surface area (Å²) in [6, 6.07) is 6.06. The molecule has 3 amide bonds. The van der Waals surface area contributed by atoms with Crippen molar-refractivity contribution < 1.29 is 19.1 Å². The van der Waals surface area contributed by atoms with Gasteiger partial charge in [0.25, 0.3) is 0 Å². The molecule has 7 nitrogen and oxygen atoms in total. The van der Waals surface area contributed by atoms with Gasteiger partial charge in [-0.05, 0) is 83.3 Å². The van der Waals surface area contributed by atoms with E-state index < -0.39 is 23.8 Å². The number of hydrogen-bond donors (Lipinski definition) is 2. The van der Waals surface area contributed by atoms with E-state index in [2.05, 4.69) is 38.3 Å². The second kappa shape index (κ2) is 16.6. The fourth-order valence-electron chi connectivity index (χ4n) is 4.79. The van der Waals surface area contributed by atoms with Crippen LogP contribution in [0.4, 0.5) is 4.79 Å². The molecular formula is C33H57N3O4. The minimum atomic E-state index is -0.834. The smallest absolute Gasteiger partial charge is 0.408 e. The molecule has 228 valence electrons. The highest BCUT2D eigenvalue weighted by atomic mass is 16.6. The molecule has 0 radical (unpaired) electrons. The van der Waals surface area contributed by atoms with Crippen LogP contribution in [0, 0.1) is 11.8 Å². The second-order valence-corrected chi connectivity index (χ2v) is 12.8. The number of benzene rings is 1. The first-order valence-electron chi connectivity index (χ1n) is 15.4. The van der Waals surface area contributed by atoms with Gasteiger partial charge in [-0.25, -0.2) is 4.79 Å². The van der Waals surface area contributed by atoms with Crippen LogP contribution in [0.2, 0.25) is 0 Å². The lowest BCUT2D eigenvalue weighted by molar-refractivity contribution is -0.146. The van der Waals surface area contributed by atoms with Gasteiger partial charge in [0.2, 0.25) is 11.8 Å². The first kappa shape index (κ1) is 35.5. The zero-order valence-corrected chi connectivity index (χ0v) is 27.1. The van der Waals surface area contributed by atoms with Crippen molar-refractivity contribution in [1.82, 2.24) is 15.5 Å². The van der Waals surface area contributed by atoms with E-state index in [9.17, 15) is 14.4 Å². The molecule has 0 heterocycles. The maximum atomic E-state index is 14.6. The Morgan fingerprint density at radius 2 is 1.48 bits per heavy atom. The zero-order valence-electron chi connectivity index (χ0n) is 27.1. The van der Waals surface area contributed by atoms with Crippen molar-refractivity contribution in [3.63, 3.8) is 0 Å². The normalized spacial score (nSPS) is 15.5. The molecule has 0 aliphatic rings. The van der Waals surface area contributed by atoms with E-state index >= 15 is 0 Å². The number of hydrogen-bond acceptors (Lipinski definition) is 4. The quantitative estimate of drug-likeness (QED) is 0.238. The molecule has 0 bridgehead atoms. The molecular weight excluding hydrogens is 502 g/mol. The third-order valence-electron chi connectivity index (χ3n) is 7.38. The fourth-order valence-corrected chi connectivity index (χ4v) is 4.79. The summed E-state index contributed by atoms with van der Waals surface area (Å²) < 4.78 is 5.53. The number of ether oxygens (including phenoxy) is 1. The predicted molar refractivity (Wildman–Crippen MR) is 164 cm³/mol. The second-order valence-electron chi connectivity index (χ2n) is 12.8. The highest BCUT2D eigenvalue weighted by Gasteiger charge is 2.40. The van der Waals surface area contributed by atoms with Crippen LogP contribution in [0.25, 0.3) is 0 Å². The van der Waals surface area contributed by atoms with Crippen LogP contribution >= 0.6 is 0 Å². The Labute approximate surface area is 244 Å².